The molecular weight excluding hydrogens is 351 g/mol. The van der Waals surface area contributed by atoms with Gasteiger partial charge in [-0.05, 0) is 30.2 Å². The Morgan fingerprint density at radius 3 is 2.54 bits per heavy atom. The molecule has 2 aromatic rings. The van der Waals surface area contributed by atoms with Crippen LogP contribution in [0.5, 0.6) is 0 Å². The van der Waals surface area contributed by atoms with E-state index >= 15 is 0 Å². The van der Waals surface area contributed by atoms with Gasteiger partial charge in [-0.1, -0.05) is 19.9 Å². The molecule has 0 aliphatic rings. The Bertz CT molecular complexity index is 800. The highest BCUT2D eigenvalue weighted by Crippen LogP contribution is 2.30. The molecule has 9 heteroatoms. The van der Waals surface area contributed by atoms with Gasteiger partial charge >= 0.3 is 12.1 Å². The average molecular weight is 369 g/mol. The highest BCUT2D eigenvalue weighted by molar-refractivity contribution is 5.94. The van der Waals surface area contributed by atoms with Crippen LogP contribution in [0.15, 0.2) is 36.5 Å². The number of carbonyl (C=O) groups excluding carboxylic acids is 1. The van der Waals surface area contributed by atoms with Crippen LogP contribution in [-0.4, -0.2) is 44.8 Å². The molecule has 2 rings (SSSR count). The van der Waals surface area contributed by atoms with Crippen LogP contribution in [0.3, 0.4) is 0 Å². The molecule has 0 aliphatic heterocycles. The molecule has 0 saturated carbocycles. The Kier molecular flexibility index (Phi) is 5.69. The van der Waals surface area contributed by atoms with Gasteiger partial charge in [-0.25, -0.2) is 4.68 Å². The van der Waals surface area contributed by atoms with Gasteiger partial charge in [0.25, 0.3) is 5.91 Å². The van der Waals surface area contributed by atoms with E-state index in [4.69, 9.17) is 5.11 Å². The molecule has 1 N–H and O–H groups in total. The molecule has 1 aromatic carbocycles. The first-order chi connectivity index (χ1) is 12.1. The fourth-order valence-electron chi connectivity index (χ4n) is 2.39. The van der Waals surface area contributed by atoms with E-state index in [1.807, 2.05) is 13.8 Å². The maximum atomic E-state index is 12.8. The molecule has 0 aliphatic carbocycles. The van der Waals surface area contributed by atoms with Crippen LogP contribution in [0.4, 0.5) is 13.2 Å². The Hall–Kier alpha value is -2.84. The molecule has 1 heterocycles. The molecule has 0 spiro atoms. The zero-order chi connectivity index (χ0) is 19.5. The monoisotopic (exact) mass is 369 g/mol. The number of hydrogen-bond donors (Lipinski definition) is 1. The summed E-state index contributed by atoms with van der Waals surface area (Å²) in [5, 5.41) is 13.0. The molecule has 0 radical (unpaired) electrons. The van der Waals surface area contributed by atoms with E-state index < -0.39 is 30.2 Å². The van der Waals surface area contributed by atoms with Crippen molar-refractivity contribution in [3.8, 4) is 5.69 Å². The predicted molar refractivity (Wildman–Crippen MR) is 86.9 cm³/mol. The molecule has 0 fully saturated rings. The molecule has 0 bridgehead atoms. The molecule has 1 amide bonds. The summed E-state index contributed by atoms with van der Waals surface area (Å²) in [6, 6.07) is 5.88. The van der Waals surface area contributed by atoms with Crippen molar-refractivity contribution >= 4 is 11.9 Å². The summed E-state index contributed by atoms with van der Waals surface area (Å²) in [7, 11) is 0. The van der Waals surface area contributed by atoms with Crippen molar-refractivity contribution in [3.05, 3.63) is 47.8 Å². The standard InChI is InChI=1S/C17H18F3N3O3/c1-11(2)9-22(10-15(24)25)16(26)14-6-7-23(21-14)13-5-3-4-12(8-13)17(18,19)20/h3-8,11H,9-10H2,1-2H3,(H,24,25). The van der Waals surface area contributed by atoms with Gasteiger partial charge in [-0.15, -0.1) is 0 Å². The van der Waals surface area contributed by atoms with Crippen molar-refractivity contribution in [3.63, 3.8) is 0 Å². The maximum Gasteiger partial charge on any atom is 0.416 e. The van der Waals surface area contributed by atoms with Gasteiger partial charge in [0.2, 0.25) is 0 Å². The highest BCUT2D eigenvalue weighted by atomic mass is 19.4. The Labute approximate surface area is 147 Å². The molecular formula is C17H18F3N3O3. The van der Waals surface area contributed by atoms with Crippen LogP contribution >= 0.6 is 0 Å². The summed E-state index contributed by atoms with van der Waals surface area (Å²) in [5.74, 6) is -1.70. The van der Waals surface area contributed by atoms with Gasteiger partial charge in [-0.3, -0.25) is 9.59 Å². The van der Waals surface area contributed by atoms with E-state index in [0.717, 1.165) is 21.7 Å². The predicted octanol–water partition coefficient (Wildman–Crippen LogP) is 3.07. The second-order valence-corrected chi connectivity index (χ2v) is 6.17. The SMILES string of the molecule is CC(C)CN(CC(=O)O)C(=O)c1ccn(-c2cccc(C(F)(F)F)c2)n1. The molecule has 140 valence electrons. The van der Waals surface area contributed by atoms with Crippen LogP contribution in [0.1, 0.15) is 29.9 Å². The topological polar surface area (TPSA) is 75.4 Å². The van der Waals surface area contributed by atoms with Gasteiger partial charge in [-0.2, -0.15) is 18.3 Å². The van der Waals surface area contributed by atoms with Crippen molar-refractivity contribution in [2.24, 2.45) is 5.92 Å². The number of rotatable bonds is 6. The van der Waals surface area contributed by atoms with Crippen molar-refractivity contribution in [1.82, 2.24) is 14.7 Å². The van der Waals surface area contributed by atoms with Crippen LogP contribution in [0.25, 0.3) is 5.69 Å². The van der Waals surface area contributed by atoms with Gasteiger partial charge in [0.1, 0.15) is 6.54 Å². The number of alkyl halides is 3. The van der Waals surface area contributed by atoms with Gasteiger partial charge in [0, 0.05) is 12.7 Å². The Morgan fingerprint density at radius 1 is 1.27 bits per heavy atom. The number of nitrogens with zero attached hydrogens (tertiary/aromatic N) is 3. The number of aromatic nitrogens is 2. The fraction of sp³-hybridized carbons (Fsp3) is 0.353. The summed E-state index contributed by atoms with van der Waals surface area (Å²) in [4.78, 5) is 24.6. The second-order valence-electron chi connectivity index (χ2n) is 6.17. The third-order valence-electron chi connectivity index (χ3n) is 3.45. The number of carboxylic acid groups (broad SMARTS) is 1. The third kappa shape index (κ3) is 4.84. The van der Waals surface area contributed by atoms with Crippen molar-refractivity contribution < 1.29 is 27.9 Å². The van der Waals surface area contributed by atoms with Gasteiger partial charge in [0.05, 0.1) is 11.3 Å². The van der Waals surface area contributed by atoms with Crippen LogP contribution < -0.4 is 0 Å². The molecule has 26 heavy (non-hydrogen) atoms. The lowest BCUT2D eigenvalue weighted by Gasteiger charge is -2.21. The van der Waals surface area contributed by atoms with E-state index in [1.54, 1.807) is 0 Å². The second kappa shape index (κ2) is 7.59. The quantitative estimate of drug-likeness (QED) is 0.849. The number of halogens is 3. The van der Waals surface area contributed by atoms with Crippen molar-refractivity contribution in [2.45, 2.75) is 20.0 Å². The van der Waals surface area contributed by atoms with Crippen LogP contribution in [-0.2, 0) is 11.0 Å². The lowest BCUT2D eigenvalue weighted by Crippen LogP contribution is -2.38. The Balaban J connectivity index is 2.28. The first-order valence-corrected chi connectivity index (χ1v) is 7.82. The summed E-state index contributed by atoms with van der Waals surface area (Å²) in [5.41, 5.74) is -0.720. The van der Waals surface area contributed by atoms with Crippen molar-refractivity contribution in [1.29, 1.82) is 0 Å². The van der Waals surface area contributed by atoms with E-state index in [2.05, 4.69) is 5.10 Å². The average Bonchev–Trinajstić information content (AvgIpc) is 3.02. The molecule has 6 nitrogen and oxygen atoms in total. The zero-order valence-electron chi connectivity index (χ0n) is 14.2. The van der Waals surface area contributed by atoms with Gasteiger partial charge < -0.3 is 10.0 Å². The number of carboxylic acids is 1. The molecule has 0 saturated heterocycles. The van der Waals surface area contributed by atoms with Crippen LogP contribution in [0, 0.1) is 5.92 Å². The number of aliphatic carboxylic acids is 1. The lowest BCUT2D eigenvalue weighted by molar-refractivity contribution is -0.138. The number of hydrogen-bond acceptors (Lipinski definition) is 3. The summed E-state index contributed by atoms with van der Waals surface area (Å²) < 4.78 is 39.6. The zero-order valence-corrected chi connectivity index (χ0v) is 14.2. The molecule has 0 unspecified atom stereocenters. The lowest BCUT2D eigenvalue weighted by atomic mass is 10.2. The first kappa shape index (κ1) is 19.5. The number of benzene rings is 1. The van der Waals surface area contributed by atoms with E-state index in [1.165, 1.54) is 24.4 Å². The number of carbonyl (C=O) groups is 2. The minimum absolute atomic E-state index is 0.0377. The summed E-state index contributed by atoms with van der Waals surface area (Å²) in [6.07, 6.45) is -3.13. The largest absolute Gasteiger partial charge is 0.480 e. The molecule has 0 atom stereocenters. The maximum absolute atomic E-state index is 12.8. The van der Waals surface area contributed by atoms with E-state index in [-0.39, 0.29) is 23.8 Å². The fourth-order valence-corrected chi connectivity index (χ4v) is 2.39. The smallest absolute Gasteiger partial charge is 0.416 e. The third-order valence-corrected chi connectivity index (χ3v) is 3.45. The minimum atomic E-state index is -4.49. The summed E-state index contributed by atoms with van der Waals surface area (Å²) >= 11 is 0. The van der Waals surface area contributed by atoms with Crippen molar-refractivity contribution in [2.75, 3.05) is 13.1 Å². The van der Waals surface area contributed by atoms with E-state index in [9.17, 15) is 22.8 Å². The molecule has 1 aromatic heterocycles. The summed E-state index contributed by atoms with van der Waals surface area (Å²) in [6.45, 7) is 3.42. The van der Waals surface area contributed by atoms with E-state index in [0.29, 0.717) is 0 Å². The first-order valence-electron chi connectivity index (χ1n) is 7.82. The number of amides is 1. The normalized spacial score (nSPS) is 11.6. The van der Waals surface area contributed by atoms with Gasteiger partial charge in [0.15, 0.2) is 5.69 Å². The highest BCUT2D eigenvalue weighted by Gasteiger charge is 2.30. The van der Waals surface area contributed by atoms with Crippen LogP contribution in [0.2, 0.25) is 0 Å². The Morgan fingerprint density at radius 2 is 1.96 bits per heavy atom. The minimum Gasteiger partial charge on any atom is -0.480 e.